The molecular weight excluding hydrogens is 420 g/mol. The number of H-pyrrole nitrogens is 1. The SMILES string of the molecule is CCCCC(Cc1c[nH]c2c1=CCCC=2)NC(=O)c1cnc(N2CC(C=N)=C(NC)C2)s1. The molecule has 7 nitrogen and oxygen atoms in total. The van der Waals surface area contributed by atoms with E-state index in [1.165, 1.54) is 33.7 Å². The Morgan fingerprint density at radius 1 is 1.38 bits per heavy atom. The van der Waals surface area contributed by atoms with Gasteiger partial charge in [0.2, 0.25) is 0 Å². The number of hydrogen-bond donors (Lipinski definition) is 4. The fraction of sp³-hybridized carbons (Fsp3) is 0.458. The van der Waals surface area contributed by atoms with E-state index in [9.17, 15) is 4.79 Å². The highest BCUT2D eigenvalue weighted by molar-refractivity contribution is 7.17. The Morgan fingerprint density at radius 3 is 2.97 bits per heavy atom. The Balaban J connectivity index is 1.44. The minimum absolute atomic E-state index is 0.0527. The molecule has 2 aliphatic rings. The maximum Gasteiger partial charge on any atom is 0.263 e. The zero-order valence-electron chi connectivity index (χ0n) is 18.8. The molecule has 1 aliphatic carbocycles. The van der Waals surface area contributed by atoms with E-state index in [1.54, 1.807) is 6.20 Å². The zero-order valence-corrected chi connectivity index (χ0v) is 19.6. The molecule has 0 saturated carbocycles. The van der Waals surface area contributed by atoms with Gasteiger partial charge in [0, 0.05) is 48.7 Å². The van der Waals surface area contributed by atoms with Crippen molar-refractivity contribution in [2.24, 2.45) is 0 Å². The fourth-order valence-electron chi connectivity index (χ4n) is 4.40. The molecule has 1 aliphatic heterocycles. The van der Waals surface area contributed by atoms with E-state index in [4.69, 9.17) is 5.41 Å². The van der Waals surface area contributed by atoms with Crippen molar-refractivity contribution in [2.45, 2.75) is 51.5 Å². The molecule has 0 spiro atoms. The number of amides is 1. The summed E-state index contributed by atoms with van der Waals surface area (Å²) >= 11 is 1.42. The van der Waals surface area contributed by atoms with Crippen LogP contribution in [-0.4, -0.2) is 48.3 Å². The quantitative estimate of drug-likeness (QED) is 0.416. The first-order valence-electron chi connectivity index (χ1n) is 11.4. The molecule has 0 radical (unpaired) electrons. The van der Waals surface area contributed by atoms with E-state index in [1.807, 2.05) is 7.05 Å². The highest BCUT2D eigenvalue weighted by Gasteiger charge is 2.24. The van der Waals surface area contributed by atoms with Crippen LogP contribution >= 0.6 is 11.3 Å². The van der Waals surface area contributed by atoms with E-state index < -0.39 is 0 Å². The number of likely N-dealkylation sites (N-methyl/N-ethyl adjacent to an activating group) is 1. The maximum atomic E-state index is 13.1. The van der Waals surface area contributed by atoms with Gasteiger partial charge in [-0.15, -0.1) is 0 Å². The molecule has 170 valence electrons. The maximum absolute atomic E-state index is 13.1. The third kappa shape index (κ3) is 4.80. The van der Waals surface area contributed by atoms with Gasteiger partial charge in [-0.1, -0.05) is 43.3 Å². The molecule has 32 heavy (non-hydrogen) atoms. The second-order valence-electron chi connectivity index (χ2n) is 8.40. The van der Waals surface area contributed by atoms with Gasteiger partial charge in [0.05, 0.1) is 12.7 Å². The summed E-state index contributed by atoms with van der Waals surface area (Å²) in [7, 11) is 1.87. The molecule has 1 atom stereocenters. The Labute approximate surface area is 192 Å². The van der Waals surface area contributed by atoms with Crippen LogP contribution in [0.2, 0.25) is 0 Å². The second-order valence-corrected chi connectivity index (χ2v) is 9.41. The molecule has 4 rings (SSSR count). The standard InChI is InChI=1S/C24H32N6OS/c1-3-4-7-18(10-16-12-27-20-9-6-5-8-19(16)20)29-23(31)22-13-28-24(32-22)30-14-17(11-25)21(15-30)26-2/h8-9,11-13,18,25-27H,3-7,10,14-15H2,1-2H3,(H,29,31). The van der Waals surface area contributed by atoms with Crippen molar-refractivity contribution in [3.05, 3.63) is 44.7 Å². The smallest absolute Gasteiger partial charge is 0.263 e. The lowest BCUT2D eigenvalue weighted by molar-refractivity contribution is 0.0938. The van der Waals surface area contributed by atoms with Crippen LogP contribution in [0.3, 0.4) is 0 Å². The summed E-state index contributed by atoms with van der Waals surface area (Å²) in [6.45, 7) is 3.50. The first kappa shape index (κ1) is 22.3. The Bertz CT molecular complexity index is 1130. The number of unbranched alkanes of at least 4 members (excludes halogenated alkanes) is 1. The molecule has 1 unspecified atom stereocenters. The molecule has 4 N–H and O–H groups in total. The number of rotatable bonds is 10. The van der Waals surface area contributed by atoms with Gasteiger partial charge >= 0.3 is 0 Å². The predicted molar refractivity (Wildman–Crippen MR) is 132 cm³/mol. The molecule has 0 fully saturated rings. The van der Waals surface area contributed by atoms with Crippen molar-refractivity contribution in [2.75, 3.05) is 25.0 Å². The highest BCUT2D eigenvalue weighted by Crippen LogP contribution is 2.27. The number of nitrogens with zero attached hydrogens (tertiary/aromatic N) is 2. The monoisotopic (exact) mass is 452 g/mol. The van der Waals surface area contributed by atoms with Gasteiger partial charge < -0.3 is 25.9 Å². The zero-order chi connectivity index (χ0) is 22.5. The van der Waals surface area contributed by atoms with Gasteiger partial charge in [0.15, 0.2) is 5.13 Å². The van der Waals surface area contributed by atoms with Crippen LogP contribution in [0.15, 0.2) is 23.7 Å². The Hall–Kier alpha value is -2.87. The Morgan fingerprint density at radius 2 is 2.22 bits per heavy atom. The van der Waals surface area contributed by atoms with E-state index in [0.29, 0.717) is 18.0 Å². The number of carbonyl (C=O) groups is 1. The van der Waals surface area contributed by atoms with Crippen molar-refractivity contribution < 1.29 is 4.79 Å². The van der Waals surface area contributed by atoms with Gasteiger partial charge in [-0.25, -0.2) is 4.98 Å². The number of fused-ring (bicyclic) bond motifs is 1. The van der Waals surface area contributed by atoms with E-state index >= 15 is 0 Å². The van der Waals surface area contributed by atoms with Crippen molar-refractivity contribution in [3.8, 4) is 0 Å². The average Bonchev–Trinajstić information content (AvgIpc) is 3.55. The average molecular weight is 453 g/mol. The van der Waals surface area contributed by atoms with Crippen molar-refractivity contribution in [1.29, 1.82) is 5.41 Å². The number of aromatic nitrogens is 2. The molecule has 0 aromatic carbocycles. The molecule has 2 aromatic heterocycles. The number of nitrogens with one attached hydrogen (secondary N) is 4. The fourth-order valence-corrected chi connectivity index (χ4v) is 5.22. The lowest BCUT2D eigenvalue weighted by Crippen LogP contribution is -2.38. The summed E-state index contributed by atoms with van der Waals surface area (Å²) < 4.78 is 0. The summed E-state index contributed by atoms with van der Waals surface area (Å²) in [5.41, 5.74) is 3.27. The topological polar surface area (TPSA) is 96.9 Å². The van der Waals surface area contributed by atoms with Crippen molar-refractivity contribution >= 4 is 40.7 Å². The van der Waals surface area contributed by atoms with Gasteiger partial charge in [-0.2, -0.15) is 0 Å². The van der Waals surface area contributed by atoms with Crippen LogP contribution in [0.5, 0.6) is 0 Å². The van der Waals surface area contributed by atoms with Gasteiger partial charge in [0.25, 0.3) is 5.91 Å². The summed E-state index contributed by atoms with van der Waals surface area (Å²) in [4.78, 5) is 23.7. The highest BCUT2D eigenvalue weighted by atomic mass is 32.1. The third-order valence-electron chi connectivity index (χ3n) is 6.17. The van der Waals surface area contributed by atoms with Crippen LogP contribution in [0.4, 0.5) is 5.13 Å². The van der Waals surface area contributed by atoms with E-state index in [2.05, 4.69) is 50.8 Å². The van der Waals surface area contributed by atoms with Crippen LogP contribution < -0.4 is 26.1 Å². The molecule has 0 bridgehead atoms. The van der Waals surface area contributed by atoms with Crippen molar-refractivity contribution in [3.63, 3.8) is 0 Å². The minimum atomic E-state index is -0.0527. The number of carbonyl (C=O) groups excluding carboxylic acids is 1. The lowest BCUT2D eigenvalue weighted by Gasteiger charge is -2.18. The first-order valence-corrected chi connectivity index (χ1v) is 12.2. The number of hydrogen-bond acceptors (Lipinski definition) is 6. The van der Waals surface area contributed by atoms with Gasteiger partial charge in [0.1, 0.15) is 4.88 Å². The number of aromatic amines is 1. The minimum Gasteiger partial charge on any atom is -0.390 e. The van der Waals surface area contributed by atoms with E-state index in [-0.39, 0.29) is 11.9 Å². The largest absolute Gasteiger partial charge is 0.390 e. The predicted octanol–water partition coefficient (Wildman–Crippen LogP) is 2.30. The second kappa shape index (κ2) is 10.2. The van der Waals surface area contributed by atoms with Crippen LogP contribution in [-0.2, 0) is 6.42 Å². The molecule has 8 heteroatoms. The molecule has 3 heterocycles. The van der Waals surface area contributed by atoms with Gasteiger partial charge in [-0.05, 0) is 36.5 Å². The molecule has 2 aromatic rings. The molecule has 1 amide bonds. The van der Waals surface area contributed by atoms with E-state index in [0.717, 1.165) is 54.9 Å². The van der Waals surface area contributed by atoms with Crippen molar-refractivity contribution in [1.82, 2.24) is 20.6 Å². The first-order chi connectivity index (χ1) is 15.6. The third-order valence-corrected chi connectivity index (χ3v) is 7.23. The van der Waals surface area contributed by atoms with Crippen LogP contribution in [0.1, 0.15) is 54.3 Å². The van der Waals surface area contributed by atoms with Crippen LogP contribution in [0, 0.1) is 5.41 Å². The Kier molecular flexibility index (Phi) is 7.09. The summed E-state index contributed by atoms with van der Waals surface area (Å²) in [5, 5.41) is 17.4. The normalized spacial score (nSPS) is 16.2. The molecular formula is C24H32N6OS. The summed E-state index contributed by atoms with van der Waals surface area (Å²) in [6, 6.07) is 0.0945. The summed E-state index contributed by atoms with van der Waals surface area (Å²) in [5.74, 6) is -0.0527. The molecule has 0 saturated heterocycles. The summed E-state index contributed by atoms with van der Waals surface area (Å²) in [6.07, 6.45) is 15.9. The number of thiazole rings is 1. The van der Waals surface area contributed by atoms with Gasteiger partial charge in [-0.3, -0.25) is 4.79 Å². The lowest BCUT2D eigenvalue weighted by atomic mass is 10.00. The van der Waals surface area contributed by atoms with Crippen LogP contribution in [0.25, 0.3) is 12.2 Å². The number of anilines is 1.